The molecule has 0 radical (unpaired) electrons. The molecule has 1 heterocycles. The molecule has 0 spiro atoms. The number of imidazole rings is 1. The Labute approximate surface area is 112 Å². The molecule has 1 aromatic heterocycles. The highest BCUT2D eigenvalue weighted by atomic mass is 15.1. The van der Waals surface area contributed by atoms with Crippen LogP contribution in [0.4, 0.5) is 5.69 Å². The number of anilines is 1. The van der Waals surface area contributed by atoms with Gasteiger partial charge in [0.2, 0.25) is 0 Å². The smallest absolute Gasteiger partial charge is 0.102 e. The Morgan fingerprint density at radius 1 is 1.47 bits per heavy atom. The summed E-state index contributed by atoms with van der Waals surface area (Å²) in [5.74, 6) is 0. The van der Waals surface area contributed by atoms with E-state index in [1.165, 1.54) is 18.5 Å². The highest BCUT2D eigenvalue weighted by molar-refractivity contribution is 5.60. The van der Waals surface area contributed by atoms with Gasteiger partial charge in [-0.1, -0.05) is 12.1 Å². The fourth-order valence-electron chi connectivity index (χ4n) is 2.30. The number of aromatic nitrogens is 2. The SMILES string of the molecule is Cc1cccc(NCc2cncn2C2CC2)c1C#N. The van der Waals surface area contributed by atoms with Gasteiger partial charge in [-0.15, -0.1) is 0 Å². The van der Waals surface area contributed by atoms with Crippen LogP contribution in [0.1, 0.15) is 35.7 Å². The molecule has 4 heteroatoms. The molecule has 1 aromatic carbocycles. The normalized spacial score (nSPS) is 14.1. The Morgan fingerprint density at radius 2 is 2.32 bits per heavy atom. The second-order valence-electron chi connectivity index (χ2n) is 4.99. The van der Waals surface area contributed by atoms with Gasteiger partial charge >= 0.3 is 0 Å². The van der Waals surface area contributed by atoms with Crippen LogP contribution >= 0.6 is 0 Å². The summed E-state index contributed by atoms with van der Waals surface area (Å²) in [5, 5.41) is 12.5. The van der Waals surface area contributed by atoms with Crippen molar-refractivity contribution in [2.24, 2.45) is 0 Å². The number of hydrogen-bond donors (Lipinski definition) is 1. The van der Waals surface area contributed by atoms with Crippen LogP contribution in [0.3, 0.4) is 0 Å². The van der Waals surface area contributed by atoms with Gasteiger partial charge < -0.3 is 9.88 Å². The molecule has 0 aliphatic heterocycles. The van der Waals surface area contributed by atoms with E-state index < -0.39 is 0 Å². The Kier molecular flexibility index (Phi) is 2.96. The molecular formula is C15H16N4. The third kappa shape index (κ3) is 2.32. The first-order valence-corrected chi connectivity index (χ1v) is 6.54. The zero-order valence-electron chi connectivity index (χ0n) is 10.9. The average molecular weight is 252 g/mol. The third-order valence-electron chi connectivity index (χ3n) is 3.53. The molecule has 1 aliphatic rings. The summed E-state index contributed by atoms with van der Waals surface area (Å²) >= 11 is 0. The zero-order chi connectivity index (χ0) is 13.2. The second-order valence-corrected chi connectivity index (χ2v) is 4.99. The number of hydrogen-bond acceptors (Lipinski definition) is 3. The van der Waals surface area contributed by atoms with E-state index >= 15 is 0 Å². The van der Waals surface area contributed by atoms with Gasteiger partial charge in [-0.05, 0) is 31.4 Å². The number of nitrogens with zero attached hydrogens (tertiary/aromatic N) is 3. The molecule has 0 bridgehead atoms. The van der Waals surface area contributed by atoms with Crippen molar-refractivity contribution in [1.82, 2.24) is 9.55 Å². The van der Waals surface area contributed by atoms with Crippen molar-refractivity contribution in [3.8, 4) is 6.07 Å². The summed E-state index contributed by atoms with van der Waals surface area (Å²) in [4.78, 5) is 4.21. The van der Waals surface area contributed by atoms with Crippen molar-refractivity contribution < 1.29 is 0 Å². The largest absolute Gasteiger partial charge is 0.378 e. The topological polar surface area (TPSA) is 53.6 Å². The molecule has 1 N–H and O–H groups in total. The van der Waals surface area contributed by atoms with Gasteiger partial charge in [0.25, 0.3) is 0 Å². The van der Waals surface area contributed by atoms with Gasteiger partial charge in [0.05, 0.1) is 29.8 Å². The minimum absolute atomic E-state index is 0.632. The molecule has 1 saturated carbocycles. The van der Waals surface area contributed by atoms with E-state index in [1.807, 2.05) is 37.6 Å². The van der Waals surface area contributed by atoms with Gasteiger partial charge in [0.15, 0.2) is 0 Å². The summed E-state index contributed by atoms with van der Waals surface area (Å²) in [6.07, 6.45) is 6.29. The summed E-state index contributed by atoms with van der Waals surface area (Å²) < 4.78 is 2.23. The standard InChI is InChI=1S/C15H16N4/c1-11-3-2-4-15(14(11)7-16)18-9-13-8-17-10-19(13)12-5-6-12/h2-4,8,10,12,18H,5-6,9H2,1H3. The monoisotopic (exact) mass is 252 g/mol. The van der Waals surface area contributed by atoms with Crippen LogP contribution in [0.25, 0.3) is 0 Å². The minimum Gasteiger partial charge on any atom is -0.378 e. The van der Waals surface area contributed by atoms with E-state index in [4.69, 9.17) is 0 Å². The molecule has 1 fully saturated rings. The second kappa shape index (κ2) is 4.77. The van der Waals surface area contributed by atoms with Crippen LogP contribution in [-0.4, -0.2) is 9.55 Å². The Balaban J connectivity index is 1.77. The average Bonchev–Trinajstić information content (AvgIpc) is 3.15. The highest BCUT2D eigenvalue weighted by Gasteiger charge is 2.25. The van der Waals surface area contributed by atoms with Gasteiger partial charge in [-0.25, -0.2) is 4.98 Å². The Hall–Kier alpha value is -2.28. The van der Waals surface area contributed by atoms with Gasteiger partial charge in [0.1, 0.15) is 6.07 Å². The molecular weight excluding hydrogens is 236 g/mol. The maximum Gasteiger partial charge on any atom is 0.102 e. The molecule has 1 aliphatic carbocycles. The van der Waals surface area contributed by atoms with Crippen LogP contribution in [0.15, 0.2) is 30.7 Å². The zero-order valence-corrected chi connectivity index (χ0v) is 10.9. The van der Waals surface area contributed by atoms with Crippen LogP contribution in [-0.2, 0) is 6.54 Å². The van der Waals surface area contributed by atoms with E-state index in [9.17, 15) is 5.26 Å². The minimum atomic E-state index is 0.632. The van der Waals surface area contributed by atoms with Crippen molar-refractivity contribution in [3.63, 3.8) is 0 Å². The van der Waals surface area contributed by atoms with Crippen LogP contribution in [0.2, 0.25) is 0 Å². The fraction of sp³-hybridized carbons (Fsp3) is 0.333. The fourth-order valence-corrected chi connectivity index (χ4v) is 2.30. The lowest BCUT2D eigenvalue weighted by Crippen LogP contribution is -2.07. The first kappa shape index (κ1) is 11.8. The predicted molar refractivity (Wildman–Crippen MR) is 73.7 cm³/mol. The highest BCUT2D eigenvalue weighted by Crippen LogP contribution is 2.35. The molecule has 4 nitrogen and oxygen atoms in total. The number of rotatable bonds is 4. The molecule has 96 valence electrons. The Morgan fingerprint density at radius 3 is 3.05 bits per heavy atom. The van der Waals surface area contributed by atoms with Crippen LogP contribution < -0.4 is 5.32 Å². The van der Waals surface area contributed by atoms with Crippen molar-refractivity contribution >= 4 is 5.69 Å². The first-order chi connectivity index (χ1) is 9.29. The lowest BCUT2D eigenvalue weighted by molar-refractivity contribution is 0.701. The third-order valence-corrected chi connectivity index (χ3v) is 3.53. The molecule has 2 aromatic rings. The van der Waals surface area contributed by atoms with Crippen molar-refractivity contribution in [2.75, 3.05) is 5.32 Å². The Bertz CT molecular complexity index is 632. The summed E-state index contributed by atoms with van der Waals surface area (Å²) in [5.41, 5.74) is 3.79. The molecule has 0 unspecified atom stereocenters. The van der Waals surface area contributed by atoms with Crippen molar-refractivity contribution in [2.45, 2.75) is 32.4 Å². The maximum atomic E-state index is 9.20. The van der Waals surface area contributed by atoms with Gasteiger partial charge in [-0.2, -0.15) is 5.26 Å². The van der Waals surface area contributed by atoms with Crippen LogP contribution in [0.5, 0.6) is 0 Å². The molecule has 19 heavy (non-hydrogen) atoms. The predicted octanol–water partition coefficient (Wildman–Crippen LogP) is 3.01. The van der Waals surface area contributed by atoms with Gasteiger partial charge in [-0.3, -0.25) is 0 Å². The lowest BCUT2D eigenvalue weighted by atomic mass is 10.1. The van der Waals surface area contributed by atoms with E-state index in [-0.39, 0.29) is 0 Å². The maximum absolute atomic E-state index is 9.20. The van der Waals surface area contributed by atoms with E-state index in [1.54, 1.807) is 0 Å². The lowest BCUT2D eigenvalue weighted by Gasteiger charge is -2.11. The van der Waals surface area contributed by atoms with E-state index in [0.717, 1.165) is 16.8 Å². The number of benzene rings is 1. The van der Waals surface area contributed by atoms with Crippen LogP contribution in [0, 0.1) is 18.3 Å². The van der Waals surface area contributed by atoms with Crippen molar-refractivity contribution in [3.05, 3.63) is 47.5 Å². The molecule has 0 amide bonds. The quantitative estimate of drug-likeness (QED) is 0.910. The van der Waals surface area contributed by atoms with Crippen molar-refractivity contribution in [1.29, 1.82) is 5.26 Å². The van der Waals surface area contributed by atoms with Gasteiger partial charge in [0, 0.05) is 12.2 Å². The molecule has 3 rings (SSSR count). The van der Waals surface area contributed by atoms with E-state index in [2.05, 4.69) is 20.9 Å². The van der Waals surface area contributed by atoms with E-state index in [0.29, 0.717) is 12.6 Å². The number of nitrogens with one attached hydrogen (secondary N) is 1. The molecule has 0 saturated heterocycles. The molecule has 0 atom stereocenters. The number of aryl methyl sites for hydroxylation is 1. The first-order valence-electron chi connectivity index (χ1n) is 6.54. The summed E-state index contributed by atoms with van der Waals surface area (Å²) in [7, 11) is 0. The summed E-state index contributed by atoms with van der Waals surface area (Å²) in [6, 6.07) is 8.76. The summed E-state index contributed by atoms with van der Waals surface area (Å²) in [6.45, 7) is 2.66. The number of nitriles is 1.